The van der Waals surface area contributed by atoms with Gasteiger partial charge in [0.05, 0.1) is 23.2 Å². The summed E-state index contributed by atoms with van der Waals surface area (Å²) in [5.41, 5.74) is 5.79. The van der Waals surface area contributed by atoms with Gasteiger partial charge in [-0.3, -0.25) is 9.59 Å². The molecule has 10 heteroatoms. The van der Waals surface area contributed by atoms with Gasteiger partial charge in [-0.05, 0) is 29.8 Å². The Kier molecular flexibility index (Phi) is 7.60. The number of hydrogen-bond donors (Lipinski definition) is 3. The maximum Gasteiger partial charge on any atom is 0.312 e. The Bertz CT molecular complexity index is 895. The van der Waals surface area contributed by atoms with Crippen LogP contribution in [0.3, 0.4) is 0 Å². The Morgan fingerprint density at radius 1 is 1.11 bits per heavy atom. The average molecular weight is 428 g/mol. The lowest BCUT2D eigenvalue weighted by Crippen LogP contribution is -2.35. The minimum atomic E-state index is -0.846. The zero-order valence-electron chi connectivity index (χ0n) is 14.4. The quantitative estimate of drug-likeness (QED) is 0.587. The van der Waals surface area contributed by atoms with Crippen molar-refractivity contribution in [3.63, 3.8) is 0 Å². The highest BCUT2D eigenvalue weighted by molar-refractivity contribution is 6.33. The lowest BCUT2D eigenvalue weighted by atomic mass is 10.0. The van der Waals surface area contributed by atoms with Gasteiger partial charge in [0.2, 0.25) is 0 Å². The molecule has 0 spiro atoms. The van der Waals surface area contributed by atoms with Crippen molar-refractivity contribution in [1.29, 1.82) is 0 Å². The standard InChI is InChI=1S/C18H16Cl2FN3O4/c19-12-4-2-1-3-11(12)15(24-18(22)27)8-17(26)28-9-16(25)23-14-6-5-10(21)7-13(14)20/h1-7,15H,8-9H2,(H,23,25)(H3,22,24,27)/t15-/m1/s1. The van der Waals surface area contributed by atoms with E-state index in [2.05, 4.69) is 10.6 Å². The highest BCUT2D eigenvalue weighted by Crippen LogP contribution is 2.25. The summed E-state index contributed by atoms with van der Waals surface area (Å²) < 4.78 is 17.9. The number of carbonyl (C=O) groups is 3. The Balaban J connectivity index is 1.94. The molecular weight excluding hydrogens is 412 g/mol. The summed E-state index contributed by atoms with van der Waals surface area (Å²) >= 11 is 11.9. The third-order valence-electron chi connectivity index (χ3n) is 3.54. The van der Waals surface area contributed by atoms with Gasteiger partial charge in [-0.1, -0.05) is 41.4 Å². The molecule has 0 saturated heterocycles. The first-order valence-corrected chi connectivity index (χ1v) is 8.72. The predicted octanol–water partition coefficient (Wildman–Crippen LogP) is 3.41. The van der Waals surface area contributed by atoms with Crippen molar-refractivity contribution in [3.8, 4) is 0 Å². The van der Waals surface area contributed by atoms with Gasteiger partial charge in [-0.15, -0.1) is 0 Å². The van der Waals surface area contributed by atoms with E-state index in [1.54, 1.807) is 24.3 Å². The number of primary amides is 1. The fourth-order valence-corrected chi connectivity index (χ4v) is 2.80. The molecule has 2 aromatic carbocycles. The molecule has 0 aliphatic carbocycles. The topological polar surface area (TPSA) is 111 Å². The first kappa shape index (κ1) is 21.5. The predicted molar refractivity (Wildman–Crippen MR) is 103 cm³/mol. The van der Waals surface area contributed by atoms with E-state index >= 15 is 0 Å². The van der Waals surface area contributed by atoms with Crippen LogP contribution in [0.5, 0.6) is 0 Å². The van der Waals surface area contributed by atoms with Crippen molar-refractivity contribution < 1.29 is 23.5 Å². The summed E-state index contributed by atoms with van der Waals surface area (Å²) in [5, 5.41) is 5.14. The van der Waals surface area contributed by atoms with Crippen LogP contribution in [0.25, 0.3) is 0 Å². The Labute approximate surface area is 169 Å². The third kappa shape index (κ3) is 6.40. The van der Waals surface area contributed by atoms with Gasteiger partial charge < -0.3 is 21.1 Å². The molecule has 28 heavy (non-hydrogen) atoms. The number of amides is 3. The van der Waals surface area contributed by atoms with Crippen LogP contribution in [0.2, 0.25) is 10.0 Å². The second-order valence-corrected chi connectivity index (χ2v) is 6.43. The molecule has 0 bridgehead atoms. The van der Waals surface area contributed by atoms with Crippen LogP contribution >= 0.6 is 23.2 Å². The van der Waals surface area contributed by atoms with Gasteiger partial charge in [0.25, 0.3) is 5.91 Å². The van der Waals surface area contributed by atoms with E-state index in [-0.39, 0.29) is 17.1 Å². The summed E-state index contributed by atoms with van der Waals surface area (Å²) in [6.07, 6.45) is -0.294. The second kappa shape index (κ2) is 9.91. The van der Waals surface area contributed by atoms with Crippen LogP contribution < -0.4 is 16.4 Å². The molecule has 3 amide bonds. The molecule has 2 aromatic rings. The molecule has 0 radical (unpaired) electrons. The maximum absolute atomic E-state index is 13.0. The van der Waals surface area contributed by atoms with Crippen molar-refractivity contribution in [2.45, 2.75) is 12.5 Å². The number of urea groups is 1. The number of halogens is 3. The first-order chi connectivity index (χ1) is 13.3. The van der Waals surface area contributed by atoms with Crippen molar-refractivity contribution >= 4 is 46.8 Å². The number of rotatable bonds is 7. The van der Waals surface area contributed by atoms with Gasteiger partial charge in [0.15, 0.2) is 6.61 Å². The Hall–Kier alpha value is -2.84. The van der Waals surface area contributed by atoms with E-state index in [1.807, 2.05) is 0 Å². The van der Waals surface area contributed by atoms with Crippen molar-refractivity contribution in [3.05, 3.63) is 63.9 Å². The van der Waals surface area contributed by atoms with E-state index < -0.39 is 36.4 Å². The molecule has 0 fully saturated rings. The number of benzene rings is 2. The van der Waals surface area contributed by atoms with Gasteiger partial charge in [0, 0.05) is 5.02 Å². The Morgan fingerprint density at radius 2 is 1.82 bits per heavy atom. The lowest BCUT2D eigenvalue weighted by Gasteiger charge is -2.18. The summed E-state index contributed by atoms with van der Waals surface area (Å²) in [6, 6.07) is 8.36. The van der Waals surface area contributed by atoms with E-state index in [4.69, 9.17) is 33.7 Å². The zero-order chi connectivity index (χ0) is 20.7. The highest BCUT2D eigenvalue weighted by Gasteiger charge is 2.21. The van der Waals surface area contributed by atoms with E-state index in [1.165, 1.54) is 6.07 Å². The summed E-state index contributed by atoms with van der Waals surface area (Å²) in [4.78, 5) is 35.2. The number of nitrogens with two attached hydrogens (primary N) is 1. The normalized spacial score (nSPS) is 11.4. The molecule has 0 aromatic heterocycles. The van der Waals surface area contributed by atoms with E-state index in [0.29, 0.717) is 10.6 Å². The molecule has 1 atom stereocenters. The van der Waals surface area contributed by atoms with Crippen LogP contribution in [-0.4, -0.2) is 24.5 Å². The monoisotopic (exact) mass is 427 g/mol. The van der Waals surface area contributed by atoms with Crippen LogP contribution in [0.4, 0.5) is 14.9 Å². The second-order valence-electron chi connectivity index (χ2n) is 5.62. The minimum Gasteiger partial charge on any atom is -0.455 e. The summed E-state index contributed by atoms with van der Waals surface area (Å²) in [7, 11) is 0. The van der Waals surface area contributed by atoms with Crippen LogP contribution in [-0.2, 0) is 14.3 Å². The maximum atomic E-state index is 13.0. The van der Waals surface area contributed by atoms with E-state index in [9.17, 15) is 18.8 Å². The smallest absolute Gasteiger partial charge is 0.312 e. The van der Waals surface area contributed by atoms with Gasteiger partial charge >= 0.3 is 12.0 Å². The molecule has 2 rings (SSSR count). The molecule has 0 aliphatic heterocycles. The van der Waals surface area contributed by atoms with Crippen molar-refractivity contribution in [2.24, 2.45) is 5.73 Å². The summed E-state index contributed by atoms with van der Waals surface area (Å²) in [6.45, 7) is -0.599. The highest BCUT2D eigenvalue weighted by atomic mass is 35.5. The SMILES string of the molecule is NC(=O)N[C@H](CC(=O)OCC(=O)Nc1ccc(F)cc1Cl)c1ccccc1Cl. The van der Waals surface area contributed by atoms with Gasteiger partial charge in [-0.2, -0.15) is 0 Å². The van der Waals surface area contributed by atoms with Gasteiger partial charge in [0.1, 0.15) is 5.82 Å². The molecule has 0 aliphatic rings. The fourth-order valence-electron chi connectivity index (χ4n) is 2.32. The van der Waals surface area contributed by atoms with Gasteiger partial charge in [-0.25, -0.2) is 9.18 Å². The largest absolute Gasteiger partial charge is 0.455 e. The molecule has 0 unspecified atom stereocenters. The van der Waals surface area contributed by atoms with Crippen molar-refractivity contribution in [2.75, 3.05) is 11.9 Å². The molecule has 0 heterocycles. The number of nitrogens with one attached hydrogen (secondary N) is 2. The molecule has 0 saturated carbocycles. The van der Waals surface area contributed by atoms with E-state index in [0.717, 1.165) is 12.1 Å². The number of carbonyl (C=O) groups excluding carboxylic acids is 3. The molecule has 148 valence electrons. The number of esters is 1. The van der Waals surface area contributed by atoms with Crippen LogP contribution in [0, 0.1) is 5.82 Å². The first-order valence-electron chi connectivity index (χ1n) is 7.97. The molecule has 4 N–H and O–H groups in total. The minimum absolute atomic E-state index is 0.00381. The fraction of sp³-hybridized carbons (Fsp3) is 0.167. The lowest BCUT2D eigenvalue weighted by molar-refractivity contribution is -0.147. The number of anilines is 1. The van der Waals surface area contributed by atoms with Crippen LogP contribution in [0.15, 0.2) is 42.5 Å². The zero-order valence-corrected chi connectivity index (χ0v) is 15.9. The van der Waals surface area contributed by atoms with Crippen molar-refractivity contribution in [1.82, 2.24) is 5.32 Å². The van der Waals surface area contributed by atoms with Crippen LogP contribution in [0.1, 0.15) is 18.0 Å². The summed E-state index contributed by atoms with van der Waals surface area (Å²) in [5.74, 6) is -1.99. The molecular formula is C18H16Cl2FN3O4. The average Bonchev–Trinajstić information content (AvgIpc) is 2.62. The number of ether oxygens (including phenoxy) is 1. The number of hydrogen-bond acceptors (Lipinski definition) is 4. The Morgan fingerprint density at radius 3 is 2.46 bits per heavy atom. The third-order valence-corrected chi connectivity index (χ3v) is 4.19. The molecule has 7 nitrogen and oxygen atoms in total.